The zero-order chi connectivity index (χ0) is 13.0. The van der Waals surface area contributed by atoms with Gasteiger partial charge in [-0.3, -0.25) is 4.79 Å². The Balaban J connectivity index is 2.09. The molecule has 2 heterocycles. The lowest BCUT2D eigenvalue weighted by Gasteiger charge is -2.36. The van der Waals surface area contributed by atoms with Gasteiger partial charge in [-0.2, -0.15) is 0 Å². The minimum atomic E-state index is -0.709. The summed E-state index contributed by atoms with van der Waals surface area (Å²) in [6.45, 7) is 3.99. The van der Waals surface area contributed by atoms with Gasteiger partial charge < -0.3 is 14.6 Å². The number of aryl methyl sites for hydroxylation is 1. The van der Waals surface area contributed by atoms with Crippen molar-refractivity contribution in [1.82, 2.24) is 9.55 Å². The van der Waals surface area contributed by atoms with E-state index in [1.165, 1.54) is 12.8 Å². The summed E-state index contributed by atoms with van der Waals surface area (Å²) in [5.74, 6) is 0.284. The van der Waals surface area contributed by atoms with Gasteiger partial charge in [0.2, 0.25) is 5.95 Å². The molecule has 1 aliphatic heterocycles. The third-order valence-corrected chi connectivity index (χ3v) is 3.61. The lowest BCUT2D eigenvalue weighted by molar-refractivity contribution is -0.137. The summed E-state index contributed by atoms with van der Waals surface area (Å²) in [5, 5.41) is 8.82. The van der Waals surface area contributed by atoms with Gasteiger partial charge in [0.15, 0.2) is 0 Å². The number of anilines is 1. The summed E-state index contributed by atoms with van der Waals surface area (Å²) in [7, 11) is 0. The van der Waals surface area contributed by atoms with Crippen molar-refractivity contribution in [3.05, 3.63) is 12.4 Å². The highest BCUT2D eigenvalue weighted by atomic mass is 16.4. The number of piperidine rings is 1. The first-order valence-electron chi connectivity index (χ1n) is 6.72. The predicted octanol–water partition coefficient (Wildman–Crippen LogP) is 2.13. The first kappa shape index (κ1) is 12.9. The molecular weight excluding hydrogens is 230 g/mol. The van der Waals surface area contributed by atoms with E-state index in [0.717, 1.165) is 25.5 Å². The van der Waals surface area contributed by atoms with Crippen molar-refractivity contribution in [2.75, 3.05) is 11.4 Å². The van der Waals surface area contributed by atoms with E-state index in [4.69, 9.17) is 5.11 Å². The molecule has 2 rings (SSSR count). The molecule has 0 saturated carbocycles. The van der Waals surface area contributed by atoms with Crippen LogP contribution in [0, 0.1) is 0 Å². The normalized spacial score (nSPS) is 20.1. The molecule has 1 atom stereocenters. The molecule has 1 aromatic rings. The van der Waals surface area contributed by atoms with Crippen molar-refractivity contribution in [2.24, 2.45) is 0 Å². The SMILES string of the molecule is CCn1ccnc1N1CCCCC1CCC(=O)O. The third kappa shape index (κ3) is 2.83. The van der Waals surface area contributed by atoms with Gasteiger partial charge in [0.05, 0.1) is 0 Å². The van der Waals surface area contributed by atoms with Crippen LogP contribution in [-0.2, 0) is 11.3 Å². The minimum Gasteiger partial charge on any atom is -0.481 e. The molecule has 0 aliphatic carbocycles. The van der Waals surface area contributed by atoms with Crippen LogP contribution in [0.1, 0.15) is 39.0 Å². The Bertz CT molecular complexity index is 403. The largest absolute Gasteiger partial charge is 0.481 e. The van der Waals surface area contributed by atoms with Crippen LogP contribution in [0.4, 0.5) is 5.95 Å². The van der Waals surface area contributed by atoms with Crippen molar-refractivity contribution >= 4 is 11.9 Å². The van der Waals surface area contributed by atoms with Gasteiger partial charge in [-0.1, -0.05) is 0 Å². The van der Waals surface area contributed by atoms with Crippen molar-refractivity contribution < 1.29 is 9.90 Å². The summed E-state index contributed by atoms with van der Waals surface area (Å²) < 4.78 is 2.12. The fourth-order valence-corrected chi connectivity index (χ4v) is 2.66. The fraction of sp³-hybridized carbons (Fsp3) is 0.692. The van der Waals surface area contributed by atoms with Gasteiger partial charge in [-0.05, 0) is 32.6 Å². The Morgan fingerprint density at radius 2 is 2.39 bits per heavy atom. The van der Waals surface area contributed by atoms with E-state index in [9.17, 15) is 4.79 Å². The smallest absolute Gasteiger partial charge is 0.303 e. The summed E-state index contributed by atoms with van der Waals surface area (Å²) in [5.41, 5.74) is 0. The van der Waals surface area contributed by atoms with Gasteiger partial charge in [-0.25, -0.2) is 4.98 Å². The van der Waals surface area contributed by atoms with Crippen molar-refractivity contribution in [3.63, 3.8) is 0 Å². The molecule has 5 nitrogen and oxygen atoms in total. The highest BCUT2D eigenvalue weighted by molar-refractivity contribution is 5.66. The monoisotopic (exact) mass is 251 g/mol. The van der Waals surface area contributed by atoms with Gasteiger partial charge in [0, 0.05) is 37.9 Å². The topological polar surface area (TPSA) is 58.4 Å². The standard InChI is InChI=1S/C13H21N3O2/c1-2-15-10-8-14-13(15)16-9-4-3-5-11(16)6-7-12(17)18/h8,10-11H,2-7,9H2,1H3,(H,17,18). The Morgan fingerprint density at radius 1 is 1.56 bits per heavy atom. The quantitative estimate of drug-likeness (QED) is 0.871. The Hall–Kier alpha value is -1.52. The number of nitrogens with zero attached hydrogens (tertiary/aromatic N) is 3. The van der Waals surface area contributed by atoms with E-state index < -0.39 is 5.97 Å². The van der Waals surface area contributed by atoms with Crippen LogP contribution in [0.5, 0.6) is 0 Å². The average Bonchev–Trinajstić information content (AvgIpc) is 2.84. The molecule has 1 fully saturated rings. The molecule has 1 N–H and O–H groups in total. The number of hydrogen-bond donors (Lipinski definition) is 1. The van der Waals surface area contributed by atoms with Crippen LogP contribution in [0.3, 0.4) is 0 Å². The molecule has 0 bridgehead atoms. The zero-order valence-corrected chi connectivity index (χ0v) is 10.9. The number of rotatable bonds is 5. The second-order valence-electron chi connectivity index (χ2n) is 4.79. The number of imidazole rings is 1. The van der Waals surface area contributed by atoms with Gasteiger partial charge in [0.1, 0.15) is 0 Å². The first-order chi connectivity index (χ1) is 8.72. The first-order valence-corrected chi connectivity index (χ1v) is 6.72. The van der Waals surface area contributed by atoms with Crippen molar-refractivity contribution in [2.45, 2.75) is 51.6 Å². The Morgan fingerprint density at radius 3 is 3.11 bits per heavy atom. The number of carboxylic acids is 1. The number of aromatic nitrogens is 2. The molecule has 5 heteroatoms. The van der Waals surface area contributed by atoms with Gasteiger partial charge in [-0.15, -0.1) is 0 Å². The lowest BCUT2D eigenvalue weighted by atomic mass is 9.98. The molecule has 100 valence electrons. The van der Waals surface area contributed by atoms with E-state index in [1.807, 2.05) is 12.4 Å². The van der Waals surface area contributed by atoms with Crippen LogP contribution in [0.25, 0.3) is 0 Å². The molecule has 0 radical (unpaired) electrons. The highest BCUT2D eigenvalue weighted by Gasteiger charge is 2.25. The van der Waals surface area contributed by atoms with Crippen molar-refractivity contribution in [3.8, 4) is 0 Å². The molecule has 0 spiro atoms. The second kappa shape index (κ2) is 5.89. The molecule has 0 amide bonds. The highest BCUT2D eigenvalue weighted by Crippen LogP contribution is 2.26. The van der Waals surface area contributed by atoms with Gasteiger partial charge in [0.25, 0.3) is 0 Å². The zero-order valence-electron chi connectivity index (χ0n) is 10.9. The van der Waals surface area contributed by atoms with Crippen LogP contribution in [0.2, 0.25) is 0 Å². The summed E-state index contributed by atoms with van der Waals surface area (Å²) >= 11 is 0. The number of aliphatic carboxylic acids is 1. The van der Waals surface area contributed by atoms with Crippen LogP contribution < -0.4 is 4.90 Å². The summed E-state index contributed by atoms with van der Waals surface area (Å²) in [6.07, 6.45) is 8.19. The summed E-state index contributed by atoms with van der Waals surface area (Å²) in [4.78, 5) is 17.4. The second-order valence-corrected chi connectivity index (χ2v) is 4.79. The molecular formula is C13H21N3O2. The molecule has 1 unspecified atom stereocenters. The lowest BCUT2D eigenvalue weighted by Crippen LogP contribution is -2.41. The Kier molecular flexibility index (Phi) is 4.23. The number of hydrogen-bond acceptors (Lipinski definition) is 3. The average molecular weight is 251 g/mol. The Labute approximate surface area is 107 Å². The van der Waals surface area contributed by atoms with Crippen LogP contribution in [-0.4, -0.2) is 33.2 Å². The predicted molar refractivity (Wildman–Crippen MR) is 69.8 cm³/mol. The van der Waals surface area contributed by atoms with E-state index in [2.05, 4.69) is 21.4 Å². The number of carboxylic acid groups (broad SMARTS) is 1. The van der Waals surface area contributed by atoms with E-state index in [1.54, 1.807) is 0 Å². The fourth-order valence-electron chi connectivity index (χ4n) is 2.66. The minimum absolute atomic E-state index is 0.244. The molecule has 1 aromatic heterocycles. The van der Waals surface area contributed by atoms with Gasteiger partial charge >= 0.3 is 5.97 Å². The van der Waals surface area contributed by atoms with Crippen LogP contribution >= 0.6 is 0 Å². The van der Waals surface area contributed by atoms with E-state index in [-0.39, 0.29) is 6.42 Å². The maximum atomic E-state index is 10.7. The summed E-state index contributed by atoms with van der Waals surface area (Å²) in [6, 6.07) is 0.322. The molecule has 1 saturated heterocycles. The third-order valence-electron chi connectivity index (χ3n) is 3.61. The maximum absolute atomic E-state index is 10.7. The van der Waals surface area contributed by atoms with E-state index in [0.29, 0.717) is 12.5 Å². The molecule has 0 aromatic carbocycles. The molecule has 18 heavy (non-hydrogen) atoms. The maximum Gasteiger partial charge on any atom is 0.303 e. The van der Waals surface area contributed by atoms with Crippen LogP contribution in [0.15, 0.2) is 12.4 Å². The number of carbonyl (C=O) groups is 1. The molecule has 1 aliphatic rings. The van der Waals surface area contributed by atoms with E-state index >= 15 is 0 Å². The van der Waals surface area contributed by atoms with Crippen molar-refractivity contribution in [1.29, 1.82) is 0 Å².